The lowest BCUT2D eigenvalue weighted by molar-refractivity contribution is -0.110. The minimum absolute atomic E-state index is 0.170. The summed E-state index contributed by atoms with van der Waals surface area (Å²) in [5.41, 5.74) is 3.70. The van der Waals surface area contributed by atoms with Gasteiger partial charge in [-0.1, -0.05) is 25.4 Å². The van der Waals surface area contributed by atoms with E-state index in [1.165, 1.54) is 0 Å². The molecule has 2 aromatic rings. The van der Waals surface area contributed by atoms with Gasteiger partial charge in [-0.15, -0.1) is 0 Å². The highest BCUT2D eigenvalue weighted by Crippen LogP contribution is 2.34. The number of anilines is 2. The zero-order valence-corrected chi connectivity index (χ0v) is 15.6. The maximum Gasteiger partial charge on any atom is 0.257 e. The fourth-order valence-electron chi connectivity index (χ4n) is 2.95. The van der Waals surface area contributed by atoms with Gasteiger partial charge in [0.1, 0.15) is 5.75 Å². The number of halogens is 1. The summed E-state index contributed by atoms with van der Waals surface area (Å²) in [5.74, 6) is 0.0998. The Morgan fingerprint density at radius 2 is 1.96 bits per heavy atom. The van der Waals surface area contributed by atoms with E-state index in [-0.39, 0.29) is 11.7 Å². The predicted octanol–water partition coefficient (Wildman–Crippen LogP) is 4.29. The van der Waals surface area contributed by atoms with Crippen molar-refractivity contribution in [2.45, 2.75) is 20.4 Å². The molecule has 6 heteroatoms. The number of nitrogens with one attached hydrogen (secondary N) is 2. The first kappa shape index (κ1) is 18.3. The number of carbonyl (C=O) groups excluding carboxylic acids is 1. The third-order valence-corrected chi connectivity index (χ3v) is 4.75. The van der Waals surface area contributed by atoms with Crippen molar-refractivity contribution in [3.05, 3.63) is 58.7 Å². The minimum atomic E-state index is -0.170. The van der Waals surface area contributed by atoms with E-state index in [0.29, 0.717) is 17.1 Å². The molecule has 0 bridgehead atoms. The topological polar surface area (TPSA) is 64.6 Å². The van der Waals surface area contributed by atoms with Gasteiger partial charge in [0, 0.05) is 40.3 Å². The Balaban J connectivity index is 1.83. The largest absolute Gasteiger partial charge is 0.508 e. The lowest BCUT2D eigenvalue weighted by atomic mass is 10.1. The number of phenols is 1. The first-order valence-electron chi connectivity index (χ1n) is 8.64. The van der Waals surface area contributed by atoms with Gasteiger partial charge in [-0.3, -0.25) is 9.69 Å². The highest BCUT2D eigenvalue weighted by atomic mass is 35.5. The normalized spacial score (nSPS) is 14.6. The zero-order chi connectivity index (χ0) is 18.7. The van der Waals surface area contributed by atoms with Crippen LogP contribution in [0.5, 0.6) is 5.75 Å². The molecule has 0 unspecified atom stereocenters. The molecule has 0 aromatic heterocycles. The van der Waals surface area contributed by atoms with Gasteiger partial charge in [0.2, 0.25) is 0 Å². The fourth-order valence-corrected chi connectivity index (χ4v) is 3.12. The van der Waals surface area contributed by atoms with Gasteiger partial charge in [0.15, 0.2) is 0 Å². The van der Waals surface area contributed by atoms with Gasteiger partial charge in [-0.25, -0.2) is 0 Å². The fraction of sp³-hybridized carbons (Fsp3) is 0.250. The maximum absolute atomic E-state index is 12.2. The van der Waals surface area contributed by atoms with Crippen LogP contribution < -0.4 is 10.6 Å². The van der Waals surface area contributed by atoms with Gasteiger partial charge in [0.25, 0.3) is 5.91 Å². The van der Waals surface area contributed by atoms with Crippen molar-refractivity contribution < 1.29 is 9.90 Å². The molecule has 0 fully saturated rings. The second-order valence-electron chi connectivity index (χ2n) is 6.15. The standard InChI is InChI=1S/C20H22ClN3O2/c1-3-24(4-2)12-13-9-15(6-8-19(13)25)22-11-17-16-10-14(21)5-7-18(16)23-20(17)26/h5-11,22,25H,3-4,12H2,1-2H3,(H,23,26). The minimum Gasteiger partial charge on any atom is -0.508 e. The molecule has 1 aliphatic rings. The van der Waals surface area contributed by atoms with Crippen LogP contribution in [0.4, 0.5) is 11.4 Å². The Morgan fingerprint density at radius 1 is 1.19 bits per heavy atom. The molecule has 0 spiro atoms. The molecule has 0 saturated heterocycles. The number of hydrogen-bond acceptors (Lipinski definition) is 4. The summed E-state index contributed by atoms with van der Waals surface area (Å²) in [5, 5.41) is 16.7. The number of benzene rings is 2. The predicted molar refractivity (Wildman–Crippen MR) is 106 cm³/mol. The molecule has 1 heterocycles. The van der Waals surface area contributed by atoms with E-state index in [0.717, 1.165) is 35.6 Å². The van der Waals surface area contributed by atoms with Crippen molar-refractivity contribution in [2.24, 2.45) is 0 Å². The van der Waals surface area contributed by atoms with E-state index in [1.807, 2.05) is 6.07 Å². The Morgan fingerprint density at radius 3 is 2.69 bits per heavy atom. The van der Waals surface area contributed by atoms with Gasteiger partial charge in [-0.05, 0) is 49.5 Å². The smallest absolute Gasteiger partial charge is 0.257 e. The number of nitrogens with zero attached hydrogens (tertiary/aromatic N) is 1. The first-order chi connectivity index (χ1) is 12.5. The van der Waals surface area contributed by atoms with E-state index in [1.54, 1.807) is 36.5 Å². The average molecular weight is 372 g/mol. The number of phenolic OH excluding ortho intramolecular Hbond substituents is 1. The Kier molecular flexibility index (Phi) is 5.49. The molecule has 0 radical (unpaired) electrons. The summed E-state index contributed by atoms with van der Waals surface area (Å²) >= 11 is 6.05. The summed E-state index contributed by atoms with van der Waals surface area (Å²) in [6.45, 7) is 6.68. The van der Waals surface area contributed by atoms with Crippen LogP contribution in [0.25, 0.3) is 5.57 Å². The molecule has 0 atom stereocenters. The molecule has 0 saturated carbocycles. The third-order valence-electron chi connectivity index (χ3n) is 4.52. The number of aromatic hydroxyl groups is 1. The van der Waals surface area contributed by atoms with Crippen molar-refractivity contribution in [3.63, 3.8) is 0 Å². The first-order valence-corrected chi connectivity index (χ1v) is 9.01. The summed E-state index contributed by atoms with van der Waals surface area (Å²) < 4.78 is 0. The molecular formula is C20H22ClN3O2. The van der Waals surface area contributed by atoms with Crippen LogP contribution in [0.2, 0.25) is 5.02 Å². The van der Waals surface area contributed by atoms with Crippen molar-refractivity contribution >= 4 is 34.5 Å². The Bertz CT molecular complexity index is 860. The number of amides is 1. The third kappa shape index (κ3) is 3.84. The molecule has 3 N–H and O–H groups in total. The van der Waals surface area contributed by atoms with Crippen LogP contribution in [-0.2, 0) is 11.3 Å². The Hall–Kier alpha value is -2.50. The van der Waals surface area contributed by atoms with Gasteiger partial charge in [-0.2, -0.15) is 0 Å². The second kappa shape index (κ2) is 7.81. The lowest BCUT2D eigenvalue weighted by Crippen LogP contribution is -2.22. The van der Waals surface area contributed by atoms with Crippen LogP contribution >= 0.6 is 11.6 Å². The number of rotatable bonds is 6. The summed E-state index contributed by atoms with van der Waals surface area (Å²) in [4.78, 5) is 14.4. The monoisotopic (exact) mass is 371 g/mol. The van der Waals surface area contributed by atoms with Crippen LogP contribution in [0.3, 0.4) is 0 Å². The van der Waals surface area contributed by atoms with E-state index in [2.05, 4.69) is 29.4 Å². The lowest BCUT2D eigenvalue weighted by Gasteiger charge is -2.19. The van der Waals surface area contributed by atoms with Crippen LogP contribution in [0.15, 0.2) is 42.6 Å². The van der Waals surface area contributed by atoms with E-state index >= 15 is 0 Å². The molecular weight excluding hydrogens is 350 g/mol. The number of hydrogen-bond donors (Lipinski definition) is 3. The van der Waals surface area contributed by atoms with Crippen LogP contribution in [0.1, 0.15) is 25.0 Å². The Labute approximate surface area is 158 Å². The molecule has 1 aliphatic heterocycles. The molecule has 2 aromatic carbocycles. The van der Waals surface area contributed by atoms with Crippen molar-refractivity contribution in [3.8, 4) is 5.75 Å². The second-order valence-corrected chi connectivity index (χ2v) is 6.59. The van der Waals surface area contributed by atoms with Crippen molar-refractivity contribution in [2.75, 3.05) is 23.7 Å². The molecule has 3 rings (SSSR count). The molecule has 26 heavy (non-hydrogen) atoms. The summed E-state index contributed by atoms with van der Waals surface area (Å²) in [6.07, 6.45) is 1.67. The SMILES string of the molecule is CCN(CC)Cc1cc(NC=C2C(=O)Nc3ccc(Cl)cc32)ccc1O. The van der Waals surface area contributed by atoms with E-state index < -0.39 is 0 Å². The van der Waals surface area contributed by atoms with Crippen molar-refractivity contribution in [1.82, 2.24) is 4.90 Å². The van der Waals surface area contributed by atoms with Crippen LogP contribution in [0, 0.1) is 0 Å². The van der Waals surface area contributed by atoms with Gasteiger partial charge in [0.05, 0.1) is 5.57 Å². The van der Waals surface area contributed by atoms with Crippen molar-refractivity contribution in [1.29, 1.82) is 0 Å². The molecule has 5 nitrogen and oxygen atoms in total. The molecule has 0 aliphatic carbocycles. The average Bonchev–Trinajstić information content (AvgIpc) is 2.94. The van der Waals surface area contributed by atoms with Gasteiger partial charge >= 0.3 is 0 Å². The quantitative estimate of drug-likeness (QED) is 0.523. The van der Waals surface area contributed by atoms with E-state index in [4.69, 9.17) is 11.6 Å². The molecule has 1 amide bonds. The highest BCUT2D eigenvalue weighted by molar-refractivity contribution is 6.34. The molecule has 136 valence electrons. The number of carbonyl (C=O) groups is 1. The maximum atomic E-state index is 12.2. The summed E-state index contributed by atoms with van der Waals surface area (Å²) in [7, 11) is 0. The zero-order valence-electron chi connectivity index (χ0n) is 14.8. The highest BCUT2D eigenvalue weighted by Gasteiger charge is 2.24. The van der Waals surface area contributed by atoms with E-state index in [9.17, 15) is 9.90 Å². The van der Waals surface area contributed by atoms with Crippen LogP contribution in [-0.4, -0.2) is 29.0 Å². The number of fused-ring (bicyclic) bond motifs is 1. The summed E-state index contributed by atoms with van der Waals surface area (Å²) in [6, 6.07) is 10.7. The van der Waals surface area contributed by atoms with Gasteiger partial charge < -0.3 is 15.7 Å².